The Hall–Kier alpha value is -1.01. The van der Waals surface area contributed by atoms with Crippen LogP contribution in [0.3, 0.4) is 0 Å². The summed E-state index contributed by atoms with van der Waals surface area (Å²) in [7, 11) is 0. The fraction of sp³-hybridized carbons (Fsp3) is 0.727. The second-order valence-corrected chi connectivity index (χ2v) is 3.52. The van der Waals surface area contributed by atoms with Gasteiger partial charge < -0.3 is 10.6 Å². The summed E-state index contributed by atoms with van der Waals surface area (Å²) in [4.78, 5) is 11.2. The van der Waals surface area contributed by atoms with Crippen LogP contribution in [0, 0.1) is 11.8 Å². The van der Waals surface area contributed by atoms with Gasteiger partial charge in [-0.25, -0.2) is 0 Å². The summed E-state index contributed by atoms with van der Waals surface area (Å²) in [6.45, 7) is 3.46. The molecule has 0 aromatic heterocycles. The van der Waals surface area contributed by atoms with Gasteiger partial charge in [0, 0.05) is 32.0 Å². The molecule has 0 radical (unpaired) electrons. The van der Waals surface area contributed by atoms with Crippen molar-refractivity contribution in [3.8, 4) is 11.8 Å². The van der Waals surface area contributed by atoms with Crippen LogP contribution in [-0.2, 0) is 4.79 Å². The van der Waals surface area contributed by atoms with Crippen molar-refractivity contribution in [2.24, 2.45) is 0 Å². The highest BCUT2D eigenvalue weighted by molar-refractivity contribution is 5.76. The Labute approximate surface area is 85.6 Å². The third-order valence-corrected chi connectivity index (χ3v) is 2.07. The van der Waals surface area contributed by atoms with Crippen molar-refractivity contribution in [1.82, 2.24) is 10.6 Å². The first-order valence-electron chi connectivity index (χ1n) is 5.22. The van der Waals surface area contributed by atoms with E-state index in [0.717, 1.165) is 32.4 Å². The zero-order chi connectivity index (χ0) is 10.2. The van der Waals surface area contributed by atoms with Crippen molar-refractivity contribution in [2.75, 3.05) is 13.1 Å². The average molecular weight is 194 g/mol. The maximum atomic E-state index is 11.2. The van der Waals surface area contributed by atoms with Gasteiger partial charge in [0.1, 0.15) is 0 Å². The van der Waals surface area contributed by atoms with Crippen LogP contribution in [0.5, 0.6) is 0 Å². The number of carbonyl (C=O) groups excluding carboxylic acids is 1. The number of amides is 1. The molecule has 1 saturated carbocycles. The molecule has 3 nitrogen and oxygen atoms in total. The fourth-order valence-electron chi connectivity index (χ4n) is 1.13. The molecule has 1 fully saturated rings. The SMILES string of the molecule is CC#CCCNCCC(=O)NC1CC1. The Balaban J connectivity index is 1.86. The monoisotopic (exact) mass is 194 g/mol. The van der Waals surface area contributed by atoms with Gasteiger partial charge in [0.2, 0.25) is 5.91 Å². The molecule has 0 heterocycles. The molecule has 3 heteroatoms. The van der Waals surface area contributed by atoms with E-state index in [1.54, 1.807) is 0 Å². The van der Waals surface area contributed by atoms with E-state index >= 15 is 0 Å². The molecule has 0 spiro atoms. The van der Waals surface area contributed by atoms with Crippen molar-refractivity contribution in [3.63, 3.8) is 0 Å². The normalized spacial score (nSPS) is 14.4. The Morgan fingerprint density at radius 3 is 2.86 bits per heavy atom. The van der Waals surface area contributed by atoms with Crippen molar-refractivity contribution >= 4 is 5.91 Å². The molecule has 0 aliphatic heterocycles. The standard InChI is InChI=1S/C11H18N2O/c1-2-3-4-8-12-9-7-11(14)13-10-5-6-10/h10,12H,4-9H2,1H3,(H,13,14). The van der Waals surface area contributed by atoms with Gasteiger partial charge in [-0.15, -0.1) is 11.8 Å². The maximum Gasteiger partial charge on any atom is 0.221 e. The fourth-order valence-corrected chi connectivity index (χ4v) is 1.13. The lowest BCUT2D eigenvalue weighted by Gasteiger charge is -2.03. The lowest BCUT2D eigenvalue weighted by atomic mass is 10.3. The predicted molar refractivity (Wildman–Crippen MR) is 56.7 cm³/mol. The minimum atomic E-state index is 0.168. The molecule has 1 aliphatic carbocycles. The molecule has 78 valence electrons. The summed E-state index contributed by atoms with van der Waals surface area (Å²) in [5.41, 5.74) is 0. The van der Waals surface area contributed by atoms with Crippen LogP contribution in [0.1, 0.15) is 32.6 Å². The third kappa shape index (κ3) is 5.60. The molecule has 0 unspecified atom stereocenters. The van der Waals surface area contributed by atoms with E-state index in [0.29, 0.717) is 12.5 Å². The number of nitrogens with one attached hydrogen (secondary N) is 2. The van der Waals surface area contributed by atoms with E-state index < -0.39 is 0 Å². The molecule has 0 aromatic rings. The van der Waals surface area contributed by atoms with E-state index in [4.69, 9.17) is 0 Å². The molecule has 1 rings (SSSR count). The number of carbonyl (C=O) groups is 1. The highest BCUT2D eigenvalue weighted by Crippen LogP contribution is 2.18. The molecule has 0 bridgehead atoms. The number of rotatable bonds is 6. The largest absolute Gasteiger partial charge is 0.353 e. The maximum absolute atomic E-state index is 11.2. The molecular formula is C11H18N2O. The second-order valence-electron chi connectivity index (χ2n) is 3.52. The van der Waals surface area contributed by atoms with Gasteiger partial charge in [-0.2, -0.15) is 0 Å². The summed E-state index contributed by atoms with van der Waals surface area (Å²) in [5.74, 6) is 5.97. The lowest BCUT2D eigenvalue weighted by molar-refractivity contribution is -0.121. The van der Waals surface area contributed by atoms with Crippen LogP contribution in [0.2, 0.25) is 0 Å². The van der Waals surface area contributed by atoms with Crippen molar-refractivity contribution in [1.29, 1.82) is 0 Å². The van der Waals surface area contributed by atoms with E-state index in [-0.39, 0.29) is 5.91 Å². The predicted octanol–water partition coefficient (Wildman–Crippen LogP) is 0.658. The first-order chi connectivity index (χ1) is 6.83. The molecule has 0 aromatic carbocycles. The molecular weight excluding hydrogens is 176 g/mol. The van der Waals surface area contributed by atoms with Crippen LogP contribution in [0.15, 0.2) is 0 Å². The topological polar surface area (TPSA) is 41.1 Å². The smallest absolute Gasteiger partial charge is 0.221 e. The van der Waals surface area contributed by atoms with Crippen molar-refractivity contribution in [2.45, 2.75) is 38.6 Å². The van der Waals surface area contributed by atoms with Gasteiger partial charge in [0.15, 0.2) is 0 Å². The quantitative estimate of drug-likeness (QED) is 0.482. The highest BCUT2D eigenvalue weighted by atomic mass is 16.1. The summed E-state index contributed by atoms with van der Waals surface area (Å²) < 4.78 is 0. The van der Waals surface area contributed by atoms with E-state index in [1.165, 1.54) is 0 Å². The van der Waals surface area contributed by atoms with Gasteiger partial charge in [-0.1, -0.05) is 0 Å². The molecule has 0 saturated heterocycles. The van der Waals surface area contributed by atoms with Gasteiger partial charge >= 0.3 is 0 Å². The van der Waals surface area contributed by atoms with Crippen molar-refractivity contribution < 1.29 is 4.79 Å². The van der Waals surface area contributed by atoms with Crippen LogP contribution >= 0.6 is 0 Å². The number of hydrogen-bond donors (Lipinski definition) is 2. The molecule has 14 heavy (non-hydrogen) atoms. The summed E-state index contributed by atoms with van der Waals surface area (Å²) in [6.07, 6.45) is 3.76. The molecule has 0 atom stereocenters. The van der Waals surface area contributed by atoms with Gasteiger partial charge in [-0.05, 0) is 19.8 Å². The van der Waals surface area contributed by atoms with Gasteiger partial charge in [0.25, 0.3) is 0 Å². The Morgan fingerprint density at radius 1 is 1.43 bits per heavy atom. The van der Waals surface area contributed by atoms with E-state index in [9.17, 15) is 4.79 Å². The second kappa shape index (κ2) is 6.44. The van der Waals surface area contributed by atoms with Crippen LogP contribution in [0.25, 0.3) is 0 Å². The Kier molecular flexibility index (Phi) is 5.09. The molecule has 1 aliphatic rings. The van der Waals surface area contributed by atoms with Crippen LogP contribution in [0.4, 0.5) is 0 Å². The third-order valence-electron chi connectivity index (χ3n) is 2.07. The first kappa shape index (κ1) is 11.1. The van der Waals surface area contributed by atoms with Crippen molar-refractivity contribution in [3.05, 3.63) is 0 Å². The van der Waals surface area contributed by atoms with Gasteiger partial charge in [-0.3, -0.25) is 4.79 Å². The van der Waals surface area contributed by atoms with E-state index in [1.807, 2.05) is 6.92 Å². The molecule has 1 amide bonds. The lowest BCUT2D eigenvalue weighted by Crippen LogP contribution is -2.29. The molecule has 2 N–H and O–H groups in total. The first-order valence-corrected chi connectivity index (χ1v) is 5.22. The number of hydrogen-bond acceptors (Lipinski definition) is 2. The highest BCUT2D eigenvalue weighted by Gasteiger charge is 2.22. The zero-order valence-corrected chi connectivity index (χ0v) is 8.73. The minimum absolute atomic E-state index is 0.168. The summed E-state index contributed by atoms with van der Waals surface area (Å²) in [5, 5.41) is 6.13. The Bertz CT molecular complexity index is 235. The van der Waals surface area contributed by atoms with Gasteiger partial charge in [0.05, 0.1) is 0 Å². The van der Waals surface area contributed by atoms with Crippen LogP contribution < -0.4 is 10.6 Å². The summed E-state index contributed by atoms with van der Waals surface area (Å²) >= 11 is 0. The zero-order valence-electron chi connectivity index (χ0n) is 8.73. The van der Waals surface area contributed by atoms with E-state index in [2.05, 4.69) is 22.5 Å². The van der Waals surface area contributed by atoms with Crippen LogP contribution in [-0.4, -0.2) is 25.0 Å². The minimum Gasteiger partial charge on any atom is -0.353 e. The Morgan fingerprint density at radius 2 is 2.21 bits per heavy atom. The average Bonchev–Trinajstić information content (AvgIpc) is 2.95. The summed E-state index contributed by atoms with van der Waals surface area (Å²) in [6, 6.07) is 0.480.